The summed E-state index contributed by atoms with van der Waals surface area (Å²) in [6, 6.07) is 9.35. The third-order valence-corrected chi connectivity index (χ3v) is 4.13. The van der Waals surface area contributed by atoms with Crippen molar-refractivity contribution in [1.29, 1.82) is 0 Å². The summed E-state index contributed by atoms with van der Waals surface area (Å²) in [5.74, 6) is -1.10. The number of nitrogens with zero attached hydrogens (tertiary/aromatic N) is 1. The van der Waals surface area contributed by atoms with Crippen molar-refractivity contribution in [1.82, 2.24) is 9.55 Å². The van der Waals surface area contributed by atoms with Crippen LogP contribution in [0.4, 0.5) is 0 Å². The minimum absolute atomic E-state index is 0.0169. The molecule has 1 heterocycles. The molecule has 21 heavy (non-hydrogen) atoms. The third-order valence-electron chi connectivity index (χ3n) is 4.13. The van der Waals surface area contributed by atoms with E-state index < -0.39 is 5.97 Å². The number of carbonyl (C=O) groups is 1. The van der Waals surface area contributed by atoms with Gasteiger partial charge in [-0.2, -0.15) is 0 Å². The van der Waals surface area contributed by atoms with Crippen molar-refractivity contribution in [2.75, 3.05) is 0 Å². The molecule has 0 aliphatic heterocycles. The van der Waals surface area contributed by atoms with Crippen molar-refractivity contribution >= 4 is 5.97 Å². The van der Waals surface area contributed by atoms with Crippen LogP contribution in [0.15, 0.2) is 35.1 Å². The molecule has 2 N–H and O–H groups in total. The molecule has 1 aliphatic rings. The van der Waals surface area contributed by atoms with Gasteiger partial charge in [-0.15, -0.1) is 0 Å². The number of carboxylic acids is 1. The summed E-state index contributed by atoms with van der Waals surface area (Å²) in [5.41, 5.74) is 0.925. The maximum Gasteiger partial charge on any atom is 0.354 e. The van der Waals surface area contributed by atoms with Gasteiger partial charge in [-0.05, 0) is 12.8 Å². The number of benzene rings is 1. The fraction of sp³-hybridized carbons (Fsp3) is 0.375. The van der Waals surface area contributed by atoms with Crippen molar-refractivity contribution in [3.8, 4) is 11.3 Å². The van der Waals surface area contributed by atoms with Crippen LogP contribution in [0, 0.1) is 0 Å². The topological polar surface area (TPSA) is 75.1 Å². The number of hydrogen-bond donors (Lipinski definition) is 2. The molecule has 0 spiro atoms. The highest BCUT2D eigenvalue weighted by Gasteiger charge is 2.26. The van der Waals surface area contributed by atoms with Gasteiger partial charge in [-0.3, -0.25) is 9.55 Å². The normalized spacial score (nSPS) is 16.0. The lowest BCUT2D eigenvalue weighted by Crippen LogP contribution is -2.24. The Labute approximate surface area is 122 Å². The first kappa shape index (κ1) is 13.7. The van der Waals surface area contributed by atoms with Crippen LogP contribution in [0.2, 0.25) is 0 Å². The van der Waals surface area contributed by atoms with Crippen molar-refractivity contribution in [3.05, 3.63) is 46.5 Å². The van der Waals surface area contributed by atoms with Crippen LogP contribution in [-0.2, 0) is 0 Å². The Balaban J connectivity index is 2.19. The Hall–Kier alpha value is -2.30. The molecule has 1 aliphatic carbocycles. The number of nitrogens with one attached hydrogen (secondary N) is 1. The van der Waals surface area contributed by atoms with E-state index >= 15 is 0 Å². The van der Waals surface area contributed by atoms with E-state index in [1.165, 1.54) is 6.42 Å². The van der Waals surface area contributed by atoms with Gasteiger partial charge in [0.05, 0.1) is 5.69 Å². The number of carboxylic acid groups (broad SMARTS) is 1. The molecule has 1 fully saturated rings. The number of aromatic amines is 1. The second-order valence-electron chi connectivity index (χ2n) is 5.49. The zero-order valence-corrected chi connectivity index (χ0v) is 11.7. The predicted molar refractivity (Wildman–Crippen MR) is 79.6 cm³/mol. The van der Waals surface area contributed by atoms with Crippen LogP contribution in [0.3, 0.4) is 0 Å². The number of imidazole rings is 1. The highest BCUT2D eigenvalue weighted by atomic mass is 16.4. The molecular formula is C16H18N2O3. The molecule has 0 atom stereocenters. The highest BCUT2D eigenvalue weighted by molar-refractivity contribution is 5.93. The third kappa shape index (κ3) is 2.51. The van der Waals surface area contributed by atoms with E-state index in [0.717, 1.165) is 31.2 Å². The van der Waals surface area contributed by atoms with E-state index in [-0.39, 0.29) is 17.4 Å². The van der Waals surface area contributed by atoms with Crippen molar-refractivity contribution in [3.63, 3.8) is 0 Å². The molecule has 3 rings (SSSR count). The summed E-state index contributed by atoms with van der Waals surface area (Å²) >= 11 is 0. The minimum Gasteiger partial charge on any atom is -0.477 e. The number of aromatic nitrogens is 2. The van der Waals surface area contributed by atoms with E-state index in [4.69, 9.17) is 0 Å². The Morgan fingerprint density at radius 2 is 1.81 bits per heavy atom. The molecule has 1 aromatic carbocycles. The average molecular weight is 286 g/mol. The first-order valence-electron chi connectivity index (χ1n) is 7.31. The highest BCUT2D eigenvalue weighted by Crippen LogP contribution is 2.32. The molecule has 5 nitrogen and oxygen atoms in total. The summed E-state index contributed by atoms with van der Waals surface area (Å²) in [5, 5.41) is 9.38. The molecule has 2 aromatic rings. The average Bonchev–Trinajstić information content (AvgIpc) is 2.87. The molecule has 0 amide bonds. The monoisotopic (exact) mass is 286 g/mol. The van der Waals surface area contributed by atoms with Gasteiger partial charge in [-0.25, -0.2) is 9.59 Å². The number of hydrogen-bond acceptors (Lipinski definition) is 2. The summed E-state index contributed by atoms with van der Waals surface area (Å²) in [6.07, 6.45) is 5.20. The van der Waals surface area contributed by atoms with E-state index in [1.807, 2.05) is 30.3 Å². The molecule has 5 heteroatoms. The van der Waals surface area contributed by atoms with Crippen LogP contribution in [0.25, 0.3) is 11.3 Å². The molecule has 110 valence electrons. The SMILES string of the molecule is O=C(O)c1[nH]c(=O)n(C2CCCCC2)c1-c1ccccc1. The quantitative estimate of drug-likeness (QED) is 0.910. The molecule has 0 unspecified atom stereocenters. The zero-order chi connectivity index (χ0) is 14.8. The second kappa shape index (κ2) is 5.60. The van der Waals surface area contributed by atoms with Crippen LogP contribution in [-0.4, -0.2) is 20.6 Å². The molecule has 1 saturated carbocycles. The fourth-order valence-corrected chi connectivity index (χ4v) is 3.17. The largest absolute Gasteiger partial charge is 0.477 e. The van der Waals surface area contributed by atoms with Crippen LogP contribution in [0.1, 0.15) is 48.6 Å². The first-order chi connectivity index (χ1) is 10.2. The van der Waals surface area contributed by atoms with Crippen LogP contribution >= 0.6 is 0 Å². The van der Waals surface area contributed by atoms with Gasteiger partial charge in [0, 0.05) is 11.6 Å². The predicted octanol–water partition coefficient (Wildman–Crippen LogP) is 3.05. The molecular weight excluding hydrogens is 268 g/mol. The minimum atomic E-state index is -1.10. The molecule has 0 radical (unpaired) electrons. The van der Waals surface area contributed by atoms with E-state index in [0.29, 0.717) is 5.69 Å². The van der Waals surface area contributed by atoms with Gasteiger partial charge in [0.1, 0.15) is 0 Å². The lowest BCUT2D eigenvalue weighted by Gasteiger charge is -2.24. The zero-order valence-electron chi connectivity index (χ0n) is 11.7. The Morgan fingerprint density at radius 1 is 1.14 bits per heavy atom. The lowest BCUT2D eigenvalue weighted by atomic mass is 9.94. The van der Waals surface area contributed by atoms with Gasteiger partial charge < -0.3 is 5.11 Å². The van der Waals surface area contributed by atoms with Crippen molar-refractivity contribution < 1.29 is 9.90 Å². The smallest absolute Gasteiger partial charge is 0.354 e. The van der Waals surface area contributed by atoms with Crippen LogP contribution < -0.4 is 5.69 Å². The van der Waals surface area contributed by atoms with E-state index in [9.17, 15) is 14.7 Å². The van der Waals surface area contributed by atoms with Gasteiger partial charge >= 0.3 is 11.7 Å². The van der Waals surface area contributed by atoms with Crippen molar-refractivity contribution in [2.45, 2.75) is 38.1 Å². The summed E-state index contributed by atoms with van der Waals surface area (Å²) in [6.45, 7) is 0. The Morgan fingerprint density at radius 3 is 2.43 bits per heavy atom. The van der Waals surface area contributed by atoms with Crippen LogP contribution in [0.5, 0.6) is 0 Å². The number of H-pyrrole nitrogens is 1. The fourth-order valence-electron chi connectivity index (χ4n) is 3.17. The Bertz CT molecular complexity index is 694. The summed E-state index contributed by atoms with van der Waals surface area (Å²) in [4.78, 5) is 26.3. The van der Waals surface area contributed by atoms with Gasteiger partial charge in [0.15, 0.2) is 5.69 Å². The van der Waals surface area contributed by atoms with E-state index in [2.05, 4.69) is 4.98 Å². The molecule has 0 saturated heterocycles. The standard InChI is InChI=1S/C16H18N2O3/c19-15(20)13-14(11-7-3-1-4-8-11)18(16(21)17-13)12-9-5-2-6-10-12/h1,3-4,7-8,12H,2,5-6,9-10H2,(H,17,21)(H,19,20). The Kier molecular flexibility index (Phi) is 3.64. The maximum absolute atomic E-state index is 12.3. The second-order valence-corrected chi connectivity index (χ2v) is 5.49. The van der Waals surface area contributed by atoms with Crippen molar-refractivity contribution in [2.24, 2.45) is 0 Å². The number of rotatable bonds is 3. The maximum atomic E-state index is 12.3. The lowest BCUT2D eigenvalue weighted by molar-refractivity contribution is 0.0691. The molecule has 0 bridgehead atoms. The summed E-state index contributed by atoms with van der Waals surface area (Å²) < 4.78 is 1.65. The van der Waals surface area contributed by atoms with Gasteiger partial charge in [0.2, 0.25) is 0 Å². The first-order valence-corrected chi connectivity index (χ1v) is 7.31. The summed E-state index contributed by atoms with van der Waals surface area (Å²) in [7, 11) is 0. The number of aromatic carboxylic acids is 1. The van der Waals surface area contributed by atoms with E-state index in [1.54, 1.807) is 4.57 Å². The van der Waals surface area contributed by atoms with Gasteiger partial charge in [-0.1, -0.05) is 49.6 Å². The van der Waals surface area contributed by atoms with Gasteiger partial charge in [0.25, 0.3) is 0 Å². The molecule has 1 aromatic heterocycles.